The van der Waals surface area contributed by atoms with Crippen molar-refractivity contribution in [2.24, 2.45) is 0 Å². The molecule has 0 spiro atoms. The standard InChI is InChI=1S/C10H14N5O6P/c11-9-8-10(13-3-12-8)14-4-15(9)7(17)1-6(2-16)21-5-22(18,19)20/h3-4,6,11,16H,1-2,5H2,(H,12,13)(H2,18,19,20)/t6-/m1/s1. The SMILES string of the molecule is N=c1c2[nH]cnc2ncn1C(=O)C[C@H](CO)OCP(=O)(O)O. The van der Waals surface area contributed by atoms with E-state index in [9.17, 15) is 9.36 Å². The molecule has 0 saturated carbocycles. The van der Waals surface area contributed by atoms with Crippen molar-refractivity contribution in [3.8, 4) is 0 Å². The third-order valence-corrected chi connectivity index (χ3v) is 3.23. The van der Waals surface area contributed by atoms with Gasteiger partial charge in [-0.05, 0) is 0 Å². The monoisotopic (exact) mass is 331 g/mol. The maximum Gasteiger partial charge on any atom is 0.350 e. The number of hydrogen-bond donors (Lipinski definition) is 5. The van der Waals surface area contributed by atoms with Crippen LogP contribution in [-0.4, -0.2) is 59.4 Å². The number of carbonyl (C=O) groups excluding carboxylic acids is 1. The largest absolute Gasteiger partial charge is 0.394 e. The van der Waals surface area contributed by atoms with E-state index in [0.29, 0.717) is 0 Å². The molecular formula is C10H14N5O6P. The smallest absolute Gasteiger partial charge is 0.350 e. The van der Waals surface area contributed by atoms with Crippen LogP contribution in [0, 0.1) is 5.41 Å². The van der Waals surface area contributed by atoms with Crippen molar-refractivity contribution >= 4 is 24.7 Å². The number of hydrogen-bond acceptors (Lipinski definition) is 7. The molecule has 12 heteroatoms. The highest BCUT2D eigenvalue weighted by Crippen LogP contribution is 2.34. The first-order valence-corrected chi connectivity index (χ1v) is 7.87. The average Bonchev–Trinajstić information content (AvgIpc) is 2.92. The van der Waals surface area contributed by atoms with Gasteiger partial charge < -0.3 is 24.6 Å². The van der Waals surface area contributed by atoms with Crippen LogP contribution in [0.3, 0.4) is 0 Å². The molecule has 1 atom stereocenters. The summed E-state index contributed by atoms with van der Waals surface area (Å²) < 4.78 is 16.5. The van der Waals surface area contributed by atoms with Gasteiger partial charge in [0, 0.05) is 0 Å². The molecule has 0 bridgehead atoms. The Hall–Kier alpha value is -1.91. The highest BCUT2D eigenvalue weighted by Gasteiger charge is 2.21. The summed E-state index contributed by atoms with van der Waals surface area (Å²) in [5, 5.41) is 17.0. The third kappa shape index (κ3) is 3.84. The normalized spacial score (nSPS) is 13.4. The summed E-state index contributed by atoms with van der Waals surface area (Å²) in [6, 6.07) is 0. The molecule has 0 aliphatic carbocycles. The summed E-state index contributed by atoms with van der Waals surface area (Å²) in [5.41, 5.74) is 0.386. The van der Waals surface area contributed by atoms with Crippen LogP contribution in [0.4, 0.5) is 0 Å². The summed E-state index contributed by atoms with van der Waals surface area (Å²) in [6.07, 6.45) is 0.0930. The zero-order valence-corrected chi connectivity index (χ0v) is 12.1. The Morgan fingerprint density at radius 3 is 2.86 bits per heavy atom. The van der Waals surface area contributed by atoms with Crippen LogP contribution in [0.5, 0.6) is 0 Å². The van der Waals surface area contributed by atoms with Gasteiger partial charge in [-0.2, -0.15) is 0 Å². The van der Waals surface area contributed by atoms with Gasteiger partial charge in [0.25, 0.3) is 0 Å². The van der Waals surface area contributed by atoms with Crippen molar-refractivity contribution < 1.29 is 29.0 Å². The average molecular weight is 331 g/mol. The fraction of sp³-hybridized carbons (Fsp3) is 0.400. The van der Waals surface area contributed by atoms with Crippen LogP contribution in [0.15, 0.2) is 12.7 Å². The minimum absolute atomic E-state index is 0.167. The van der Waals surface area contributed by atoms with Crippen molar-refractivity contribution in [2.45, 2.75) is 12.5 Å². The second-order valence-corrected chi connectivity index (χ2v) is 6.01. The highest BCUT2D eigenvalue weighted by molar-refractivity contribution is 7.51. The molecule has 2 rings (SSSR count). The van der Waals surface area contributed by atoms with E-state index in [1.54, 1.807) is 0 Å². The van der Waals surface area contributed by atoms with Crippen molar-refractivity contribution in [2.75, 3.05) is 13.0 Å². The molecule has 0 saturated heterocycles. The topological polar surface area (TPSA) is 174 Å². The van der Waals surface area contributed by atoms with E-state index in [2.05, 4.69) is 15.0 Å². The molecule has 2 aromatic rings. The van der Waals surface area contributed by atoms with Gasteiger partial charge in [-0.15, -0.1) is 0 Å². The number of nitrogens with one attached hydrogen (secondary N) is 2. The van der Waals surface area contributed by atoms with Gasteiger partial charge in [0.1, 0.15) is 18.2 Å². The van der Waals surface area contributed by atoms with Crippen LogP contribution in [0.25, 0.3) is 11.2 Å². The first kappa shape index (κ1) is 16.5. The van der Waals surface area contributed by atoms with Crippen molar-refractivity contribution in [1.29, 1.82) is 5.41 Å². The fourth-order valence-electron chi connectivity index (χ4n) is 1.71. The Labute approximate surface area is 123 Å². The molecule has 0 amide bonds. The highest BCUT2D eigenvalue weighted by atomic mass is 31.2. The lowest BCUT2D eigenvalue weighted by atomic mass is 10.2. The first-order chi connectivity index (χ1) is 10.3. The first-order valence-electron chi connectivity index (χ1n) is 6.07. The lowest BCUT2D eigenvalue weighted by Crippen LogP contribution is -2.32. The van der Waals surface area contributed by atoms with Gasteiger partial charge in [-0.25, -0.2) is 9.97 Å². The number of aliphatic hydroxyl groups is 1. The molecule has 0 aromatic carbocycles. The van der Waals surface area contributed by atoms with E-state index in [-0.39, 0.29) is 23.1 Å². The molecular weight excluding hydrogens is 317 g/mol. The Morgan fingerprint density at radius 1 is 1.50 bits per heavy atom. The zero-order chi connectivity index (χ0) is 16.3. The minimum Gasteiger partial charge on any atom is -0.394 e. The molecule has 11 nitrogen and oxygen atoms in total. The summed E-state index contributed by atoms with van der Waals surface area (Å²) in [5.74, 6) is -0.612. The van der Waals surface area contributed by atoms with Crippen LogP contribution in [0.2, 0.25) is 0 Å². The Balaban J connectivity index is 2.14. The Bertz CT molecular complexity index is 779. The van der Waals surface area contributed by atoms with Crippen LogP contribution in [-0.2, 0) is 9.30 Å². The lowest BCUT2D eigenvalue weighted by molar-refractivity contribution is 0.0224. The number of fused-ring (bicyclic) bond motifs is 1. The van der Waals surface area contributed by atoms with Gasteiger partial charge in [0.2, 0.25) is 5.91 Å². The third-order valence-electron chi connectivity index (χ3n) is 2.75. The summed E-state index contributed by atoms with van der Waals surface area (Å²) in [4.78, 5) is 40.0. The molecule has 0 unspecified atom stereocenters. The number of H-pyrrole nitrogens is 1. The summed E-state index contributed by atoms with van der Waals surface area (Å²) >= 11 is 0. The van der Waals surface area contributed by atoms with Crippen molar-refractivity contribution in [3.05, 3.63) is 18.1 Å². The van der Waals surface area contributed by atoms with Gasteiger partial charge in [0.05, 0.1) is 25.5 Å². The maximum atomic E-state index is 12.1. The number of ether oxygens (including phenoxy) is 1. The van der Waals surface area contributed by atoms with Crippen molar-refractivity contribution in [3.63, 3.8) is 0 Å². The molecule has 0 radical (unpaired) electrons. The number of carbonyl (C=O) groups is 1. The van der Waals surface area contributed by atoms with Crippen LogP contribution < -0.4 is 5.49 Å². The molecule has 2 aromatic heterocycles. The number of aromatic amines is 1. The predicted molar refractivity (Wildman–Crippen MR) is 71.8 cm³/mol. The number of nitrogens with zero attached hydrogens (tertiary/aromatic N) is 3. The number of aromatic nitrogens is 4. The molecule has 5 N–H and O–H groups in total. The van der Waals surface area contributed by atoms with E-state index < -0.39 is 32.6 Å². The van der Waals surface area contributed by atoms with E-state index in [1.165, 1.54) is 6.33 Å². The van der Waals surface area contributed by atoms with Crippen molar-refractivity contribution in [1.82, 2.24) is 19.5 Å². The van der Waals surface area contributed by atoms with Gasteiger partial charge in [0.15, 0.2) is 11.1 Å². The number of aliphatic hydroxyl groups excluding tert-OH is 1. The Kier molecular flexibility index (Phi) is 4.84. The van der Waals surface area contributed by atoms with Crippen LogP contribution in [0.1, 0.15) is 11.2 Å². The molecule has 120 valence electrons. The molecule has 2 heterocycles. The predicted octanol–water partition coefficient (Wildman–Crippen LogP) is -1.22. The number of rotatable bonds is 6. The minimum atomic E-state index is -4.40. The van der Waals surface area contributed by atoms with Gasteiger partial charge in [-0.1, -0.05) is 0 Å². The Morgan fingerprint density at radius 2 is 2.23 bits per heavy atom. The second kappa shape index (κ2) is 6.46. The van der Waals surface area contributed by atoms with Gasteiger partial charge >= 0.3 is 7.60 Å². The summed E-state index contributed by atoms with van der Waals surface area (Å²) in [7, 11) is -4.40. The second-order valence-electron chi connectivity index (χ2n) is 4.43. The molecule has 0 aliphatic rings. The van der Waals surface area contributed by atoms with Crippen LogP contribution >= 0.6 is 7.60 Å². The summed E-state index contributed by atoms with van der Waals surface area (Å²) in [6.45, 7) is -0.598. The molecule has 0 fully saturated rings. The van der Waals surface area contributed by atoms with E-state index in [0.717, 1.165) is 10.9 Å². The lowest BCUT2D eigenvalue weighted by Gasteiger charge is -2.15. The molecule has 0 aliphatic heterocycles. The van der Waals surface area contributed by atoms with E-state index >= 15 is 0 Å². The quantitative estimate of drug-likeness (QED) is 0.409. The van der Waals surface area contributed by atoms with E-state index in [4.69, 9.17) is 25.0 Å². The maximum absolute atomic E-state index is 12.1. The zero-order valence-electron chi connectivity index (χ0n) is 11.2. The number of imidazole rings is 1. The van der Waals surface area contributed by atoms with Gasteiger partial charge in [-0.3, -0.25) is 19.3 Å². The fourth-order valence-corrected chi connectivity index (χ4v) is 2.12. The van der Waals surface area contributed by atoms with E-state index in [1.807, 2.05) is 0 Å². The molecule has 22 heavy (non-hydrogen) atoms.